The van der Waals surface area contributed by atoms with Gasteiger partial charge in [-0.2, -0.15) is 0 Å². The highest BCUT2D eigenvalue weighted by atomic mass is 32.2. The van der Waals surface area contributed by atoms with E-state index in [0.29, 0.717) is 13.1 Å². The van der Waals surface area contributed by atoms with E-state index in [0.717, 1.165) is 56.5 Å². The Bertz CT molecular complexity index is 972. The van der Waals surface area contributed by atoms with Gasteiger partial charge < -0.3 is 10.3 Å². The quantitative estimate of drug-likeness (QED) is 0.682. The Morgan fingerprint density at radius 3 is 2.48 bits per heavy atom. The number of carbonyl (C=O) groups excluding carboxylic acids is 1. The van der Waals surface area contributed by atoms with Crippen molar-refractivity contribution in [3.05, 3.63) is 40.1 Å². The van der Waals surface area contributed by atoms with E-state index >= 15 is 0 Å². The molecule has 0 saturated carbocycles. The number of urea groups is 1. The summed E-state index contributed by atoms with van der Waals surface area (Å²) in [5.74, 6) is 0. The highest BCUT2D eigenvalue weighted by Gasteiger charge is 2.36. The van der Waals surface area contributed by atoms with Gasteiger partial charge in [0.25, 0.3) is 10.0 Å². The number of benzene rings is 1. The number of nitrogens with zero attached hydrogens (tertiary/aromatic N) is 2. The largest absolute Gasteiger partial charge is 0.332 e. The molecular formula is C20H27N5O3S. The third-order valence-electron chi connectivity index (χ3n) is 6.39. The van der Waals surface area contributed by atoms with Crippen LogP contribution in [0.15, 0.2) is 17.8 Å². The molecule has 2 heterocycles. The minimum atomic E-state index is -3.89. The van der Waals surface area contributed by atoms with Gasteiger partial charge in [0.1, 0.15) is 0 Å². The fourth-order valence-electron chi connectivity index (χ4n) is 4.97. The lowest BCUT2D eigenvalue weighted by atomic mass is 9.99. The smallest absolute Gasteiger partial charge is 0.309 e. The molecule has 2 aliphatic carbocycles. The van der Waals surface area contributed by atoms with Gasteiger partial charge in [0.05, 0.1) is 0 Å². The van der Waals surface area contributed by atoms with Crippen molar-refractivity contribution in [1.29, 1.82) is 0 Å². The van der Waals surface area contributed by atoms with E-state index in [1.54, 1.807) is 6.08 Å². The predicted molar refractivity (Wildman–Crippen MR) is 111 cm³/mol. The number of nitrogens with one attached hydrogen (secondary N) is 3. The maximum atomic E-state index is 12.8. The summed E-state index contributed by atoms with van der Waals surface area (Å²) >= 11 is 0. The topological polar surface area (TPSA) is 93.8 Å². The molecule has 1 fully saturated rings. The van der Waals surface area contributed by atoms with Crippen molar-refractivity contribution >= 4 is 21.7 Å². The number of anilines is 1. The van der Waals surface area contributed by atoms with Crippen molar-refractivity contribution in [2.75, 3.05) is 32.0 Å². The van der Waals surface area contributed by atoms with Gasteiger partial charge >= 0.3 is 6.03 Å². The minimum absolute atomic E-state index is 0.679. The first-order chi connectivity index (χ1) is 13.9. The van der Waals surface area contributed by atoms with Crippen LogP contribution < -0.4 is 15.5 Å². The van der Waals surface area contributed by atoms with E-state index in [-0.39, 0.29) is 0 Å². The molecule has 1 aromatic rings. The second-order valence-electron chi connectivity index (χ2n) is 8.43. The Morgan fingerprint density at radius 1 is 1.10 bits per heavy atom. The van der Waals surface area contributed by atoms with Gasteiger partial charge in [-0.1, -0.05) is 6.07 Å². The van der Waals surface area contributed by atoms with Crippen molar-refractivity contribution in [2.24, 2.45) is 0 Å². The molecule has 0 radical (unpaired) electrons. The second kappa shape index (κ2) is 7.00. The van der Waals surface area contributed by atoms with E-state index < -0.39 is 21.4 Å². The second-order valence-corrected chi connectivity index (χ2v) is 10.2. The summed E-state index contributed by atoms with van der Waals surface area (Å²) in [6.07, 6.45) is 7.77. The highest BCUT2D eigenvalue weighted by molar-refractivity contribution is 7.90. The summed E-state index contributed by atoms with van der Waals surface area (Å²) in [5.41, 5.74) is 9.72. The molecule has 0 bridgehead atoms. The van der Waals surface area contributed by atoms with Crippen LogP contribution in [0, 0.1) is 0 Å². The van der Waals surface area contributed by atoms with Crippen LogP contribution in [0.1, 0.15) is 35.1 Å². The average molecular weight is 418 g/mol. The molecule has 4 aliphatic rings. The van der Waals surface area contributed by atoms with Gasteiger partial charge in [-0.3, -0.25) is 4.90 Å². The van der Waals surface area contributed by atoms with E-state index in [1.165, 1.54) is 22.3 Å². The zero-order valence-electron chi connectivity index (χ0n) is 16.6. The monoisotopic (exact) mass is 417 g/mol. The fraction of sp³-hybridized carbons (Fsp3) is 0.550. The predicted octanol–water partition coefficient (Wildman–Crippen LogP) is 1.09. The van der Waals surface area contributed by atoms with Crippen LogP contribution in [0.25, 0.3) is 0 Å². The molecule has 0 spiro atoms. The Balaban J connectivity index is 1.33. The molecule has 29 heavy (non-hydrogen) atoms. The molecule has 9 heteroatoms. The van der Waals surface area contributed by atoms with E-state index in [2.05, 4.69) is 26.4 Å². The lowest BCUT2D eigenvalue weighted by Crippen LogP contribution is -2.51. The summed E-state index contributed by atoms with van der Waals surface area (Å²) < 4.78 is 27.8. The maximum Gasteiger partial charge on any atom is 0.332 e. The molecule has 1 aromatic carbocycles. The number of piperazine rings is 1. The molecule has 0 aromatic heterocycles. The first kappa shape index (κ1) is 18.9. The van der Waals surface area contributed by atoms with Crippen molar-refractivity contribution < 1.29 is 13.2 Å². The molecule has 2 amide bonds. The first-order valence-electron chi connectivity index (χ1n) is 10.3. The number of carbonyl (C=O) groups is 1. The normalized spacial score (nSPS) is 23.4. The van der Waals surface area contributed by atoms with Crippen molar-refractivity contribution in [3.63, 3.8) is 0 Å². The summed E-state index contributed by atoms with van der Waals surface area (Å²) in [5, 5.41) is 3.81. The molecule has 1 saturated heterocycles. The van der Waals surface area contributed by atoms with Crippen LogP contribution in [-0.2, 0) is 35.7 Å². The van der Waals surface area contributed by atoms with Crippen LogP contribution >= 0.6 is 0 Å². The summed E-state index contributed by atoms with van der Waals surface area (Å²) in [6.45, 7) is 2.26. The Kier molecular flexibility index (Phi) is 4.56. The first-order valence-corrected chi connectivity index (χ1v) is 11.9. The Morgan fingerprint density at radius 2 is 1.79 bits per heavy atom. The molecule has 5 rings (SSSR count). The van der Waals surface area contributed by atoms with Crippen molar-refractivity contribution in [2.45, 2.75) is 43.9 Å². The van der Waals surface area contributed by atoms with Crippen LogP contribution in [0.5, 0.6) is 0 Å². The van der Waals surface area contributed by atoms with E-state index in [4.69, 9.17) is 0 Å². The van der Waals surface area contributed by atoms with Gasteiger partial charge in [-0.15, -0.1) is 0 Å². The van der Waals surface area contributed by atoms with Crippen LogP contribution in [-0.4, -0.2) is 56.4 Å². The Labute approximate surface area is 171 Å². The van der Waals surface area contributed by atoms with E-state index in [9.17, 15) is 13.2 Å². The third-order valence-corrected chi connectivity index (χ3v) is 7.77. The van der Waals surface area contributed by atoms with Crippen molar-refractivity contribution in [1.82, 2.24) is 20.1 Å². The van der Waals surface area contributed by atoms with Gasteiger partial charge in [-0.25, -0.2) is 23.4 Å². The fourth-order valence-corrected chi connectivity index (χ4v) is 6.01. The van der Waals surface area contributed by atoms with E-state index in [1.807, 2.05) is 12.1 Å². The van der Waals surface area contributed by atoms with Gasteiger partial charge in [0, 0.05) is 31.0 Å². The summed E-state index contributed by atoms with van der Waals surface area (Å²) in [6, 6.07) is 1.60. The van der Waals surface area contributed by atoms with Gasteiger partial charge in [-0.05, 0) is 73.9 Å². The average Bonchev–Trinajstić information content (AvgIpc) is 3.39. The molecular weight excluding hydrogens is 390 g/mol. The zero-order chi connectivity index (χ0) is 20.2. The number of aryl methyl sites for hydroxylation is 2. The van der Waals surface area contributed by atoms with Crippen LogP contribution in [0.2, 0.25) is 0 Å². The Hall–Kier alpha value is -2.10. The standard InChI is InChI=1S/C20H27N5O3S/c1-24-8-9-25-15(12-24)11-18(22-25)29(27,28)23-20(26)21-19-16-6-2-4-13(16)10-14-5-3-7-17(14)19/h10-11,18,22H,2-9,12H2,1H3,(H2,21,23,26). The molecule has 156 valence electrons. The van der Waals surface area contributed by atoms with Gasteiger partial charge in [0.15, 0.2) is 5.37 Å². The number of hydrazine groups is 1. The molecule has 1 unspecified atom stereocenters. The summed E-state index contributed by atoms with van der Waals surface area (Å²) in [4.78, 5) is 14.8. The molecule has 1 atom stereocenters. The molecule has 8 nitrogen and oxygen atoms in total. The lowest BCUT2D eigenvalue weighted by molar-refractivity contribution is 0.171. The maximum absolute atomic E-state index is 12.8. The summed E-state index contributed by atoms with van der Waals surface area (Å²) in [7, 11) is -1.89. The highest BCUT2D eigenvalue weighted by Crippen LogP contribution is 2.38. The minimum Gasteiger partial charge on any atom is -0.309 e. The lowest BCUT2D eigenvalue weighted by Gasteiger charge is -2.33. The number of fused-ring (bicyclic) bond motifs is 3. The van der Waals surface area contributed by atoms with Crippen LogP contribution in [0.4, 0.5) is 10.5 Å². The third kappa shape index (κ3) is 3.41. The SMILES string of the molecule is CN1CCN2NC(S(=O)(=O)NC(=O)Nc3c4c(cc5c3CCC5)CCC4)C=C2C1. The number of amides is 2. The number of sulfonamides is 1. The number of hydrogen-bond donors (Lipinski definition) is 3. The molecule has 3 N–H and O–H groups in total. The zero-order valence-corrected chi connectivity index (χ0v) is 17.4. The van der Waals surface area contributed by atoms with Gasteiger partial charge in [0.2, 0.25) is 0 Å². The van der Waals surface area contributed by atoms with Crippen molar-refractivity contribution in [3.8, 4) is 0 Å². The number of hydrogen-bond acceptors (Lipinski definition) is 6. The van der Waals surface area contributed by atoms with Crippen LogP contribution in [0.3, 0.4) is 0 Å². The number of likely N-dealkylation sites (N-methyl/N-ethyl adjacent to an activating group) is 1. The number of rotatable bonds is 3. The molecule has 2 aliphatic heterocycles.